The average molecular weight is 349 g/mol. The van der Waals surface area contributed by atoms with Gasteiger partial charge in [-0.1, -0.05) is 24.3 Å². The van der Waals surface area contributed by atoms with Crippen LogP contribution in [-0.2, 0) is 11.8 Å². The van der Waals surface area contributed by atoms with Crippen molar-refractivity contribution in [2.75, 3.05) is 5.32 Å². The van der Waals surface area contributed by atoms with E-state index in [0.29, 0.717) is 5.82 Å². The summed E-state index contributed by atoms with van der Waals surface area (Å²) < 4.78 is 1.70. The van der Waals surface area contributed by atoms with Crippen molar-refractivity contribution in [2.24, 2.45) is 13.0 Å². The van der Waals surface area contributed by atoms with Gasteiger partial charge in [-0.3, -0.25) is 9.48 Å². The number of carbonyl (C=O) groups excluding carboxylic acids is 1. The molecule has 6 nitrogen and oxygen atoms in total. The maximum Gasteiger partial charge on any atom is 0.228 e. The minimum Gasteiger partial charge on any atom is -0.338 e. The van der Waals surface area contributed by atoms with Gasteiger partial charge in [0.1, 0.15) is 11.6 Å². The number of imidazole rings is 1. The first kappa shape index (κ1) is 16.6. The van der Waals surface area contributed by atoms with E-state index in [1.807, 2.05) is 31.3 Å². The van der Waals surface area contributed by atoms with Crippen LogP contribution in [0.4, 0.5) is 5.82 Å². The molecule has 0 fully saturated rings. The second kappa shape index (κ2) is 7.15. The zero-order valence-electron chi connectivity index (χ0n) is 14.9. The second-order valence-electron chi connectivity index (χ2n) is 6.80. The highest BCUT2D eigenvalue weighted by Crippen LogP contribution is 2.28. The molecule has 2 N–H and O–H groups in total. The Morgan fingerprint density at radius 2 is 2.08 bits per heavy atom. The summed E-state index contributed by atoms with van der Waals surface area (Å²) in [5, 5.41) is 7.42. The molecule has 1 unspecified atom stereocenters. The van der Waals surface area contributed by atoms with Gasteiger partial charge < -0.3 is 10.3 Å². The Hall–Kier alpha value is -2.89. The van der Waals surface area contributed by atoms with Crippen molar-refractivity contribution in [1.82, 2.24) is 19.7 Å². The van der Waals surface area contributed by atoms with E-state index in [2.05, 4.69) is 32.5 Å². The average Bonchev–Trinajstić information content (AvgIpc) is 3.18. The van der Waals surface area contributed by atoms with Gasteiger partial charge >= 0.3 is 0 Å². The lowest BCUT2D eigenvalue weighted by Gasteiger charge is -2.17. The van der Waals surface area contributed by atoms with Gasteiger partial charge in [0.05, 0.1) is 22.8 Å². The number of H-pyrrole nitrogens is 1. The number of aromatic amines is 1. The van der Waals surface area contributed by atoms with Gasteiger partial charge in [-0.2, -0.15) is 5.10 Å². The van der Waals surface area contributed by atoms with Gasteiger partial charge in [0.15, 0.2) is 0 Å². The fourth-order valence-electron chi connectivity index (χ4n) is 3.48. The Morgan fingerprint density at radius 3 is 2.96 bits per heavy atom. The Morgan fingerprint density at radius 1 is 1.23 bits per heavy atom. The van der Waals surface area contributed by atoms with Gasteiger partial charge in [0.25, 0.3) is 0 Å². The lowest BCUT2D eigenvalue weighted by Crippen LogP contribution is -2.24. The fourth-order valence-corrected chi connectivity index (χ4v) is 3.48. The lowest BCUT2D eigenvalue weighted by molar-refractivity contribution is -0.120. The quantitative estimate of drug-likeness (QED) is 0.701. The highest BCUT2D eigenvalue weighted by Gasteiger charge is 2.22. The van der Waals surface area contributed by atoms with E-state index < -0.39 is 0 Å². The Labute approximate surface area is 152 Å². The zero-order valence-corrected chi connectivity index (χ0v) is 14.9. The van der Waals surface area contributed by atoms with Gasteiger partial charge in [-0.05, 0) is 44.2 Å². The molecular weight excluding hydrogens is 326 g/mol. The predicted molar refractivity (Wildman–Crippen MR) is 103 cm³/mol. The first-order chi connectivity index (χ1) is 12.7. The molecule has 0 saturated heterocycles. The highest BCUT2D eigenvalue weighted by atomic mass is 16.2. The number of amides is 1. The van der Waals surface area contributed by atoms with Crippen LogP contribution in [0.3, 0.4) is 0 Å². The lowest BCUT2D eigenvalue weighted by atomic mass is 9.93. The van der Waals surface area contributed by atoms with Crippen LogP contribution in [0.25, 0.3) is 22.4 Å². The van der Waals surface area contributed by atoms with Crippen LogP contribution in [0.1, 0.15) is 32.1 Å². The van der Waals surface area contributed by atoms with E-state index in [4.69, 9.17) is 0 Å². The molecular formula is C20H23N5O. The number of nitrogens with one attached hydrogen (secondary N) is 2. The molecule has 1 aliphatic rings. The molecule has 0 radical (unpaired) electrons. The third-order valence-electron chi connectivity index (χ3n) is 4.97. The molecule has 6 heteroatoms. The number of benzene rings is 1. The van der Waals surface area contributed by atoms with Crippen LogP contribution in [0.15, 0.2) is 42.6 Å². The minimum absolute atomic E-state index is 0.0402. The largest absolute Gasteiger partial charge is 0.338 e. The van der Waals surface area contributed by atoms with Gasteiger partial charge in [-0.25, -0.2) is 4.98 Å². The number of rotatable bonds is 3. The SMILES string of the molecule is Cn1ncc(-c2nc3ccccc3[nH]2)c1NC(=O)C1CCC=CCCC1. The molecule has 26 heavy (non-hydrogen) atoms. The standard InChI is InChI=1S/C20H23N5O/c1-25-19(24-20(26)14-9-5-3-2-4-6-10-14)15(13-21-25)18-22-16-11-7-8-12-17(16)23-18/h2-3,7-8,11-14H,4-6,9-10H2,1H3,(H,22,23)(H,24,26). The number of fused-ring (bicyclic) bond motifs is 1. The smallest absolute Gasteiger partial charge is 0.228 e. The summed E-state index contributed by atoms with van der Waals surface area (Å²) in [7, 11) is 1.84. The normalized spacial score (nSPS) is 17.8. The molecule has 3 aromatic rings. The zero-order chi connectivity index (χ0) is 17.9. The second-order valence-corrected chi connectivity index (χ2v) is 6.80. The molecule has 0 aliphatic heterocycles. The van der Waals surface area contributed by atoms with Crippen LogP contribution in [0, 0.1) is 5.92 Å². The maximum atomic E-state index is 12.8. The maximum absolute atomic E-state index is 12.8. The first-order valence-corrected chi connectivity index (χ1v) is 9.15. The topological polar surface area (TPSA) is 75.6 Å². The molecule has 1 amide bonds. The van der Waals surface area contributed by atoms with E-state index in [1.165, 1.54) is 0 Å². The summed E-state index contributed by atoms with van der Waals surface area (Å²) in [5.74, 6) is 1.52. The summed E-state index contributed by atoms with van der Waals surface area (Å²) >= 11 is 0. The van der Waals surface area contributed by atoms with Crippen LogP contribution in [-0.4, -0.2) is 25.7 Å². The van der Waals surface area contributed by atoms with Gasteiger partial charge in [0, 0.05) is 13.0 Å². The fraction of sp³-hybridized carbons (Fsp3) is 0.350. The van der Waals surface area contributed by atoms with Crippen LogP contribution >= 0.6 is 0 Å². The van der Waals surface area contributed by atoms with Gasteiger partial charge in [-0.15, -0.1) is 0 Å². The van der Waals surface area contributed by atoms with Crippen molar-refractivity contribution in [3.8, 4) is 11.4 Å². The third kappa shape index (κ3) is 3.27. The number of allylic oxidation sites excluding steroid dienone is 2. The predicted octanol–water partition coefficient (Wildman–Crippen LogP) is 4.04. The van der Waals surface area contributed by atoms with Crippen molar-refractivity contribution >= 4 is 22.8 Å². The number of carbonyl (C=O) groups is 1. The minimum atomic E-state index is 0.0402. The van der Waals surface area contributed by atoms with Crippen LogP contribution in [0.2, 0.25) is 0 Å². The van der Waals surface area contributed by atoms with Crippen LogP contribution in [0.5, 0.6) is 0 Å². The third-order valence-corrected chi connectivity index (χ3v) is 4.97. The number of anilines is 1. The molecule has 1 aromatic carbocycles. The van der Waals surface area contributed by atoms with E-state index in [1.54, 1.807) is 10.9 Å². The first-order valence-electron chi connectivity index (χ1n) is 9.15. The molecule has 4 rings (SSSR count). The van der Waals surface area contributed by atoms with E-state index in [-0.39, 0.29) is 11.8 Å². The molecule has 134 valence electrons. The van der Waals surface area contributed by atoms with E-state index in [0.717, 1.165) is 54.5 Å². The number of aryl methyl sites for hydroxylation is 1. The Bertz CT molecular complexity index is 919. The van der Waals surface area contributed by atoms with Gasteiger partial charge in [0.2, 0.25) is 5.91 Å². The number of nitrogens with zero attached hydrogens (tertiary/aromatic N) is 3. The summed E-state index contributed by atoms with van der Waals surface area (Å²) in [5.41, 5.74) is 2.67. The molecule has 1 aliphatic carbocycles. The molecule has 0 saturated carbocycles. The summed E-state index contributed by atoms with van der Waals surface area (Å²) in [6.45, 7) is 0. The van der Waals surface area contributed by atoms with Crippen molar-refractivity contribution in [3.63, 3.8) is 0 Å². The highest BCUT2D eigenvalue weighted by molar-refractivity contribution is 5.95. The molecule has 2 heterocycles. The summed E-state index contributed by atoms with van der Waals surface area (Å²) in [6, 6.07) is 7.88. The van der Waals surface area contributed by atoms with Crippen molar-refractivity contribution in [3.05, 3.63) is 42.6 Å². The number of aromatic nitrogens is 4. The van der Waals surface area contributed by atoms with Crippen molar-refractivity contribution in [2.45, 2.75) is 32.1 Å². The summed E-state index contributed by atoms with van der Waals surface area (Å²) in [6.07, 6.45) is 11.0. The summed E-state index contributed by atoms with van der Waals surface area (Å²) in [4.78, 5) is 20.8. The Balaban J connectivity index is 1.60. The van der Waals surface area contributed by atoms with Crippen molar-refractivity contribution in [1.29, 1.82) is 0 Å². The van der Waals surface area contributed by atoms with E-state index in [9.17, 15) is 4.79 Å². The number of hydrogen-bond acceptors (Lipinski definition) is 3. The van der Waals surface area contributed by atoms with Crippen molar-refractivity contribution < 1.29 is 4.79 Å². The molecule has 2 aromatic heterocycles. The molecule has 0 spiro atoms. The molecule has 0 bridgehead atoms. The number of hydrogen-bond donors (Lipinski definition) is 2. The van der Waals surface area contributed by atoms with E-state index >= 15 is 0 Å². The molecule has 1 atom stereocenters. The number of para-hydroxylation sites is 2. The van der Waals surface area contributed by atoms with Crippen LogP contribution < -0.4 is 5.32 Å². The monoisotopic (exact) mass is 349 g/mol. The Kier molecular flexibility index (Phi) is 4.56.